The molecule has 0 aliphatic rings. The van der Waals surface area contributed by atoms with Gasteiger partial charge in [-0.15, -0.1) is 0 Å². The highest BCUT2D eigenvalue weighted by Crippen LogP contribution is 2.38. The molecular weight excluding hydrogens is 422 g/mol. The van der Waals surface area contributed by atoms with Crippen LogP contribution >= 0.6 is 15.9 Å². The van der Waals surface area contributed by atoms with Gasteiger partial charge in [0.1, 0.15) is 5.75 Å². The molecule has 28 heavy (non-hydrogen) atoms. The van der Waals surface area contributed by atoms with Crippen molar-refractivity contribution in [2.75, 3.05) is 0 Å². The molecule has 1 heterocycles. The molecule has 5 nitrogen and oxygen atoms in total. The first kappa shape index (κ1) is 20.1. The molecule has 0 aliphatic heterocycles. The Balaban J connectivity index is 2.30. The van der Waals surface area contributed by atoms with E-state index in [1.54, 1.807) is 47.9 Å². The Morgan fingerprint density at radius 3 is 2.36 bits per heavy atom. The zero-order valence-electron chi connectivity index (χ0n) is 15.9. The number of nitrogens with zero attached hydrogens (tertiary/aromatic N) is 1. The van der Waals surface area contributed by atoms with Gasteiger partial charge >= 0.3 is 5.97 Å². The average molecular weight is 444 g/mol. The van der Waals surface area contributed by atoms with Crippen molar-refractivity contribution in [1.29, 1.82) is 0 Å². The Kier molecular flexibility index (Phi) is 5.61. The predicted molar refractivity (Wildman–Crippen MR) is 112 cm³/mol. The van der Waals surface area contributed by atoms with Gasteiger partial charge in [0.25, 0.3) is 5.91 Å². The molecule has 2 N–H and O–H groups in total. The zero-order valence-corrected chi connectivity index (χ0v) is 17.5. The van der Waals surface area contributed by atoms with Crippen LogP contribution in [0, 0.1) is 12.8 Å². The summed E-state index contributed by atoms with van der Waals surface area (Å²) < 4.78 is 2.41. The molecule has 6 heteroatoms. The highest BCUT2D eigenvalue weighted by molar-refractivity contribution is 9.10. The summed E-state index contributed by atoms with van der Waals surface area (Å²) >= 11 is 3.36. The summed E-state index contributed by atoms with van der Waals surface area (Å²) in [6, 6.07) is 11.7. The van der Waals surface area contributed by atoms with Gasteiger partial charge in [-0.3, -0.25) is 14.2 Å². The second-order valence-electron chi connectivity index (χ2n) is 7.05. The number of carbonyl (C=O) groups excluding carboxylic acids is 1. The molecular formula is C22H22BrNO4. The standard InChI is InChI=1S/C22H22BrNO4/c1-4-12(2)19(22(27)28)20-13(3)24(18-10-9-16(25)11-17(18)20)21(26)14-5-7-15(23)8-6-14/h5-12,19,25H,4H2,1-3H3,(H,27,28)/t12-,19?/m1/s1. The van der Waals surface area contributed by atoms with Crippen LogP contribution in [0.1, 0.15) is 47.8 Å². The molecule has 0 radical (unpaired) electrons. The smallest absolute Gasteiger partial charge is 0.311 e. The monoisotopic (exact) mass is 443 g/mol. The van der Waals surface area contributed by atoms with Crippen molar-refractivity contribution < 1.29 is 19.8 Å². The van der Waals surface area contributed by atoms with Gasteiger partial charge in [-0.05, 0) is 60.9 Å². The minimum atomic E-state index is -0.934. The third-order valence-corrected chi connectivity index (χ3v) is 5.85. The van der Waals surface area contributed by atoms with Crippen molar-refractivity contribution in [3.63, 3.8) is 0 Å². The summed E-state index contributed by atoms with van der Waals surface area (Å²) in [7, 11) is 0. The second-order valence-corrected chi connectivity index (χ2v) is 7.97. The van der Waals surface area contributed by atoms with E-state index in [1.165, 1.54) is 6.07 Å². The largest absolute Gasteiger partial charge is 0.508 e. The van der Waals surface area contributed by atoms with Crippen molar-refractivity contribution in [2.24, 2.45) is 5.92 Å². The first-order chi connectivity index (χ1) is 13.3. The molecule has 3 rings (SSSR count). The lowest BCUT2D eigenvalue weighted by Gasteiger charge is -2.20. The number of carboxylic acids is 1. The number of aromatic nitrogens is 1. The summed E-state index contributed by atoms with van der Waals surface area (Å²) in [6.45, 7) is 5.60. The molecule has 2 atom stereocenters. The topological polar surface area (TPSA) is 79.5 Å². The fourth-order valence-electron chi connectivity index (χ4n) is 3.69. The van der Waals surface area contributed by atoms with Gasteiger partial charge in [-0.2, -0.15) is 0 Å². The van der Waals surface area contributed by atoms with Crippen LogP contribution in [0.4, 0.5) is 0 Å². The first-order valence-electron chi connectivity index (χ1n) is 9.13. The van der Waals surface area contributed by atoms with E-state index in [9.17, 15) is 19.8 Å². The van der Waals surface area contributed by atoms with E-state index in [0.29, 0.717) is 34.1 Å². The number of hydrogen-bond donors (Lipinski definition) is 2. The van der Waals surface area contributed by atoms with E-state index in [1.807, 2.05) is 13.8 Å². The van der Waals surface area contributed by atoms with Crippen LogP contribution in [0.2, 0.25) is 0 Å². The number of phenolic OH excluding ortho intramolecular Hbond substituents is 1. The molecule has 3 aromatic rings. The number of rotatable bonds is 5. The highest BCUT2D eigenvalue weighted by Gasteiger charge is 2.32. The maximum Gasteiger partial charge on any atom is 0.311 e. The van der Waals surface area contributed by atoms with Gasteiger partial charge in [0.2, 0.25) is 0 Å². The molecule has 0 saturated heterocycles. The van der Waals surface area contributed by atoms with Gasteiger partial charge in [0.15, 0.2) is 0 Å². The fourth-order valence-corrected chi connectivity index (χ4v) is 3.96. The minimum Gasteiger partial charge on any atom is -0.508 e. The molecule has 0 bridgehead atoms. The molecule has 0 fully saturated rings. The summed E-state index contributed by atoms with van der Waals surface area (Å²) in [5.41, 5.74) is 2.26. The molecule has 0 saturated carbocycles. The maximum absolute atomic E-state index is 13.3. The molecule has 0 amide bonds. The lowest BCUT2D eigenvalue weighted by atomic mass is 9.84. The quantitative estimate of drug-likeness (QED) is 0.558. The number of phenols is 1. The second kappa shape index (κ2) is 7.80. The predicted octanol–water partition coefficient (Wildman–Crippen LogP) is 5.32. The SMILES string of the molecule is CC[C@@H](C)C(C(=O)O)c1c(C)n(C(=O)c2ccc(Br)cc2)c2ccc(O)cc12. The van der Waals surface area contributed by atoms with E-state index in [4.69, 9.17) is 0 Å². The van der Waals surface area contributed by atoms with E-state index in [-0.39, 0.29) is 17.6 Å². The number of halogens is 1. The van der Waals surface area contributed by atoms with Crippen LogP contribution in [0.5, 0.6) is 5.75 Å². The molecule has 146 valence electrons. The first-order valence-corrected chi connectivity index (χ1v) is 9.92. The van der Waals surface area contributed by atoms with Crippen LogP contribution in [-0.2, 0) is 4.79 Å². The third-order valence-electron chi connectivity index (χ3n) is 5.32. The van der Waals surface area contributed by atoms with Crippen LogP contribution in [0.15, 0.2) is 46.9 Å². The molecule has 0 aliphatic carbocycles. The van der Waals surface area contributed by atoms with Crippen molar-refractivity contribution >= 4 is 38.7 Å². The van der Waals surface area contributed by atoms with Gasteiger partial charge in [-0.25, -0.2) is 0 Å². The van der Waals surface area contributed by atoms with E-state index < -0.39 is 11.9 Å². The van der Waals surface area contributed by atoms with E-state index >= 15 is 0 Å². The minimum absolute atomic E-state index is 0.0373. The number of carboxylic acid groups (broad SMARTS) is 1. The van der Waals surface area contributed by atoms with Crippen LogP contribution in [-0.4, -0.2) is 26.7 Å². The van der Waals surface area contributed by atoms with Crippen LogP contribution < -0.4 is 0 Å². The summed E-state index contributed by atoms with van der Waals surface area (Å²) in [6.07, 6.45) is 0.683. The number of carbonyl (C=O) groups is 2. The average Bonchev–Trinajstić information content (AvgIpc) is 2.93. The zero-order chi connectivity index (χ0) is 20.6. The number of benzene rings is 2. The van der Waals surface area contributed by atoms with Gasteiger partial charge in [0.05, 0.1) is 11.4 Å². The molecule has 1 aromatic heterocycles. The van der Waals surface area contributed by atoms with Crippen molar-refractivity contribution in [2.45, 2.75) is 33.1 Å². The number of aliphatic carboxylic acids is 1. The highest BCUT2D eigenvalue weighted by atomic mass is 79.9. The Hall–Kier alpha value is -2.60. The van der Waals surface area contributed by atoms with Crippen molar-refractivity contribution in [3.8, 4) is 5.75 Å². The summed E-state index contributed by atoms with van der Waals surface area (Å²) in [5, 5.41) is 20.5. The van der Waals surface area contributed by atoms with Crippen molar-refractivity contribution in [1.82, 2.24) is 4.57 Å². The summed E-state index contributed by atoms with van der Waals surface area (Å²) in [4.78, 5) is 25.4. The molecule has 0 spiro atoms. The van der Waals surface area contributed by atoms with Crippen molar-refractivity contribution in [3.05, 3.63) is 63.8 Å². The van der Waals surface area contributed by atoms with E-state index in [0.717, 1.165) is 4.47 Å². The van der Waals surface area contributed by atoms with Crippen LogP contribution in [0.3, 0.4) is 0 Å². The Morgan fingerprint density at radius 2 is 1.79 bits per heavy atom. The van der Waals surface area contributed by atoms with E-state index in [2.05, 4.69) is 15.9 Å². The lowest BCUT2D eigenvalue weighted by Crippen LogP contribution is -2.21. The van der Waals surface area contributed by atoms with Crippen LogP contribution in [0.25, 0.3) is 10.9 Å². The van der Waals surface area contributed by atoms with Gasteiger partial charge in [0, 0.05) is 21.1 Å². The van der Waals surface area contributed by atoms with Gasteiger partial charge in [-0.1, -0.05) is 36.2 Å². The molecule has 2 aromatic carbocycles. The third kappa shape index (κ3) is 3.44. The number of fused-ring (bicyclic) bond motifs is 1. The Labute approximate surface area is 171 Å². The summed E-state index contributed by atoms with van der Waals surface area (Å²) in [5.74, 6) is -2.03. The lowest BCUT2D eigenvalue weighted by molar-refractivity contribution is -0.140. The molecule has 1 unspecified atom stereocenters. The Bertz CT molecular complexity index is 1050. The van der Waals surface area contributed by atoms with Gasteiger partial charge < -0.3 is 10.2 Å². The maximum atomic E-state index is 13.3. The Morgan fingerprint density at radius 1 is 1.14 bits per heavy atom. The number of hydrogen-bond acceptors (Lipinski definition) is 3. The number of aromatic hydroxyl groups is 1. The fraction of sp³-hybridized carbons (Fsp3) is 0.273. The normalized spacial score (nSPS) is 13.4.